The number of H-pyrrole nitrogens is 1. The monoisotopic (exact) mass is 406 g/mol. The van der Waals surface area contributed by atoms with E-state index in [0.717, 1.165) is 10.9 Å². The molecule has 6 nitrogen and oxygen atoms in total. The third-order valence-corrected chi connectivity index (χ3v) is 3.71. The number of aromatic amines is 1. The molecule has 3 aromatic rings. The number of carbonyl (C=O) groups is 2. The highest BCUT2D eigenvalue weighted by Crippen LogP contribution is 2.20. The fourth-order valence-corrected chi connectivity index (χ4v) is 2.32. The summed E-state index contributed by atoms with van der Waals surface area (Å²) in [6, 6.07) is 10.1. The molecule has 1 aromatic carbocycles. The molecule has 1 amide bonds. The van der Waals surface area contributed by atoms with Crippen LogP contribution in [-0.2, 0) is 0 Å². The molecule has 2 aromatic heterocycles. The number of amides is 1. The van der Waals surface area contributed by atoms with Crippen molar-refractivity contribution in [3.05, 3.63) is 53.9 Å². The van der Waals surface area contributed by atoms with E-state index in [1.807, 2.05) is 0 Å². The van der Waals surface area contributed by atoms with Gasteiger partial charge in [-0.25, -0.2) is 4.98 Å². The third kappa shape index (κ3) is 2.93. The van der Waals surface area contributed by atoms with E-state index < -0.39 is 0 Å². The zero-order valence-corrected chi connectivity index (χ0v) is 13.4. The number of carbonyl (C=O) groups excluding carboxylic acids is 2. The topological polar surface area (TPSA) is 101 Å². The van der Waals surface area contributed by atoms with E-state index in [9.17, 15) is 9.59 Å². The Morgan fingerprint density at radius 2 is 1.91 bits per heavy atom. The average molecular weight is 406 g/mol. The Hall–Kier alpha value is -2.42. The zero-order chi connectivity index (χ0) is 15.7. The molecule has 0 spiro atoms. The Balaban J connectivity index is 1.85. The van der Waals surface area contributed by atoms with Crippen molar-refractivity contribution in [1.82, 2.24) is 9.97 Å². The number of hydrogen-bond donors (Lipinski definition) is 3. The van der Waals surface area contributed by atoms with Gasteiger partial charge in [-0.1, -0.05) is 0 Å². The maximum absolute atomic E-state index is 12.1. The summed E-state index contributed by atoms with van der Waals surface area (Å²) in [4.78, 5) is 30.6. The van der Waals surface area contributed by atoms with Crippen molar-refractivity contribution >= 4 is 54.7 Å². The van der Waals surface area contributed by atoms with Crippen LogP contribution in [0.1, 0.15) is 20.8 Å². The summed E-state index contributed by atoms with van der Waals surface area (Å²) in [6.45, 7) is 0. The molecule has 0 saturated carbocycles. The minimum absolute atomic E-state index is 0.0822. The molecule has 0 unspecified atom stereocenters. The lowest BCUT2D eigenvalue weighted by molar-refractivity contribution is 0.102. The highest BCUT2D eigenvalue weighted by atomic mass is 127. The lowest BCUT2D eigenvalue weighted by Gasteiger charge is -2.04. The van der Waals surface area contributed by atoms with E-state index in [1.165, 1.54) is 0 Å². The summed E-state index contributed by atoms with van der Waals surface area (Å²) in [7, 11) is 0. The normalized spacial score (nSPS) is 10.6. The molecule has 0 atom stereocenters. The molecule has 0 bridgehead atoms. The van der Waals surface area contributed by atoms with Crippen molar-refractivity contribution in [2.75, 3.05) is 11.1 Å². The zero-order valence-electron chi connectivity index (χ0n) is 11.3. The second kappa shape index (κ2) is 5.76. The Morgan fingerprint density at radius 1 is 1.18 bits per heavy atom. The van der Waals surface area contributed by atoms with E-state index in [4.69, 9.17) is 5.73 Å². The van der Waals surface area contributed by atoms with Gasteiger partial charge in [-0.05, 0) is 36.4 Å². The minimum atomic E-state index is -0.271. The predicted molar refractivity (Wildman–Crippen MR) is 93.3 cm³/mol. The Labute approximate surface area is 139 Å². The van der Waals surface area contributed by atoms with Crippen LogP contribution in [0.3, 0.4) is 0 Å². The fraction of sp³-hybridized carbons (Fsp3) is 0. The van der Waals surface area contributed by atoms with E-state index in [-0.39, 0.29) is 9.70 Å². The molecule has 0 fully saturated rings. The molecule has 0 aliphatic heterocycles. The highest BCUT2D eigenvalue weighted by Gasteiger charge is 2.10. The third-order valence-electron chi connectivity index (χ3n) is 3.13. The van der Waals surface area contributed by atoms with Gasteiger partial charge < -0.3 is 16.0 Å². The molecule has 7 heteroatoms. The van der Waals surface area contributed by atoms with Gasteiger partial charge in [0.1, 0.15) is 5.82 Å². The second-order valence-electron chi connectivity index (χ2n) is 4.69. The van der Waals surface area contributed by atoms with Gasteiger partial charge in [-0.15, -0.1) is 0 Å². The van der Waals surface area contributed by atoms with Crippen LogP contribution in [0.2, 0.25) is 0 Å². The molecule has 0 saturated heterocycles. The molecular formula is C15H11IN4O2. The number of anilines is 2. The maximum Gasteiger partial charge on any atom is 0.256 e. The number of nitrogens with one attached hydrogen (secondary N) is 2. The number of halogens is 1. The molecule has 110 valence electrons. The number of pyridine rings is 1. The van der Waals surface area contributed by atoms with Crippen LogP contribution < -0.4 is 11.1 Å². The molecule has 2 heterocycles. The fourth-order valence-electron chi connectivity index (χ4n) is 2.03. The van der Waals surface area contributed by atoms with Gasteiger partial charge in [0.05, 0.1) is 17.4 Å². The standard InChI is InChI=1S/C15H11IN4O2/c16-14(21)11-5-9-6-13(18-7-12(9)19-11)20-15(22)8-1-3-10(17)4-2-8/h1-7,19H,17H2,(H,18,20,22). The van der Waals surface area contributed by atoms with Crippen LogP contribution in [0, 0.1) is 0 Å². The van der Waals surface area contributed by atoms with E-state index in [1.54, 1.807) is 65.2 Å². The van der Waals surface area contributed by atoms with Gasteiger partial charge in [0.15, 0.2) is 0 Å². The molecule has 3 rings (SSSR count). The Bertz CT molecular complexity index is 871. The summed E-state index contributed by atoms with van der Waals surface area (Å²) in [6.07, 6.45) is 1.58. The maximum atomic E-state index is 12.1. The highest BCUT2D eigenvalue weighted by molar-refractivity contribution is 14.1. The van der Waals surface area contributed by atoms with Crippen molar-refractivity contribution in [3.8, 4) is 0 Å². The van der Waals surface area contributed by atoms with Crippen LogP contribution >= 0.6 is 22.6 Å². The smallest absolute Gasteiger partial charge is 0.256 e. The van der Waals surface area contributed by atoms with Crippen LogP contribution in [0.5, 0.6) is 0 Å². The number of rotatable bonds is 3. The van der Waals surface area contributed by atoms with Crippen molar-refractivity contribution in [3.63, 3.8) is 0 Å². The predicted octanol–water partition coefficient (Wildman–Crippen LogP) is 2.97. The first-order chi connectivity index (χ1) is 10.5. The van der Waals surface area contributed by atoms with Crippen LogP contribution in [-0.4, -0.2) is 19.7 Å². The van der Waals surface area contributed by atoms with E-state index >= 15 is 0 Å². The Kier molecular flexibility index (Phi) is 3.80. The molecule has 22 heavy (non-hydrogen) atoms. The molecule has 0 radical (unpaired) electrons. The SMILES string of the molecule is Nc1ccc(C(=O)Nc2cc3cc(C(=O)I)[nH]c3cn2)cc1. The summed E-state index contributed by atoms with van der Waals surface area (Å²) in [5.41, 5.74) is 7.92. The van der Waals surface area contributed by atoms with Gasteiger partial charge >= 0.3 is 0 Å². The van der Waals surface area contributed by atoms with Crippen molar-refractivity contribution in [1.29, 1.82) is 0 Å². The first-order valence-electron chi connectivity index (χ1n) is 6.38. The number of benzene rings is 1. The summed E-state index contributed by atoms with van der Waals surface area (Å²) in [5, 5.41) is 3.52. The lowest BCUT2D eigenvalue weighted by Crippen LogP contribution is -2.12. The van der Waals surface area contributed by atoms with Crippen LogP contribution in [0.25, 0.3) is 10.9 Å². The van der Waals surface area contributed by atoms with Crippen molar-refractivity contribution < 1.29 is 9.59 Å². The number of hydrogen-bond acceptors (Lipinski definition) is 4. The van der Waals surface area contributed by atoms with Crippen molar-refractivity contribution in [2.24, 2.45) is 0 Å². The first-order valence-corrected chi connectivity index (χ1v) is 7.46. The second-order valence-corrected chi connectivity index (χ2v) is 5.67. The minimum Gasteiger partial charge on any atom is -0.399 e. The van der Waals surface area contributed by atoms with Gasteiger partial charge in [-0.3, -0.25) is 9.59 Å². The number of nitrogens with two attached hydrogens (primary N) is 1. The quantitative estimate of drug-likeness (QED) is 0.354. The number of aromatic nitrogens is 2. The largest absolute Gasteiger partial charge is 0.399 e. The van der Waals surface area contributed by atoms with Gasteiger partial charge in [-0.2, -0.15) is 0 Å². The van der Waals surface area contributed by atoms with Crippen molar-refractivity contribution in [2.45, 2.75) is 0 Å². The van der Waals surface area contributed by atoms with Gasteiger partial charge in [0, 0.05) is 39.2 Å². The molecule has 0 aliphatic carbocycles. The molecule has 4 N–H and O–H groups in total. The molecular weight excluding hydrogens is 395 g/mol. The number of fused-ring (bicyclic) bond motifs is 1. The lowest BCUT2D eigenvalue weighted by atomic mass is 10.2. The summed E-state index contributed by atoms with van der Waals surface area (Å²) >= 11 is 1.71. The average Bonchev–Trinajstić information content (AvgIpc) is 2.91. The van der Waals surface area contributed by atoms with E-state index in [2.05, 4.69) is 15.3 Å². The first kappa shape index (κ1) is 14.5. The summed E-state index contributed by atoms with van der Waals surface area (Å²) in [5.74, 6) is 0.147. The van der Waals surface area contributed by atoms with Gasteiger partial charge in [0.2, 0.25) is 3.79 Å². The van der Waals surface area contributed by atoms with E-state index in [0.29, 0.717) is 22.8 Å². The molecule has 0 aliphatic rings. The summed E-state index contributed by atoms with van der Waals surface area (Å²) < 4.78 is -0.0822. The Morgan fingerprint density at radius 3 is 2.59 bits per heavy atom. The van der Waals surface area contributed by atoms with Gasteiger partial charge in [0.25, 0.3) is 5.91 Å². The number of nitrogen functional groups attached to an aromatic ring is 1. The van der Waals surface area contributed by atoms with Crippen LogP contribution in [0.15, 0.2) is 42.6 Å². The number of nitrogens with zero attached hydrogens (tertiary/aromatic N) is 1. The van der Waals surface area contributed by atoms with Crippen LogP contribution in [0.4, 0.5) is 11.5 Å².